The van der Waals surface area contributed by atoms with Crippen LogP contribution in [0.3, 0.4) is 0 Å². The van der Waals surface area contributed by atoms with E-state index in [1.165, 1.54) is 4.90 Å². The zero-order valence-electron chi connectivity index (χ0n) is 16.8. The average Bonchev–Trinajstić information content (AvgIpc) is 3.30. The van der Waals surface area contributed by atoms with Gasteiger partial charge in [0.05, 0.1) is 19.9 Å². The van der Waals surface area contributed by atoms with Crippen LogP contribution in [0.2, 0.25) is 0 Å². The van der Waals surface area contributed by atoms with Gasteiger partial charge in [-0.25, -0.2) is 9.78 Å². The number of benzene rings is 1. The summed E-state index contributed by atoms with van der Waals surface area (Å²) in [7, 11) is 1.62. The van der Waals surface area contributed by atoms with Crippen LogP contribution in [-0.2, 0) is 12.0 Å². The molecule has 0 saturated carbocycles. The van der Waals surface area contributed by atoms with Crippen molar-refractivity contribution in [2.45, 2.75) is 32.2 Å². The summed E-state index contributed by atoms with van der Waals surface area (Å²) in [6.07, 6.45) is 3.26. The maximum Gasteiger partial charge on any atom is 0.407 e. The number of hydrogen-bond donors (Lipinski definition) is 1. The summed E-state index contributed by atoms with van der Waals surface area (Å²) in [6, 6.07) is 7.63. The van der Waals surface area contributed by atoms with Gasteiger partial charge in [0.1, 0.15) is 17.1 Å². The fraction of sp³-hybridized carbons (Fsp3) is 0.381. The normalized spacial score (nSPS) is 19.1. The van der Waals surface area contributed by atoms with Gasteiger partial charge in [-0.15, -0.1) is 0 Å². The standard InChI is InChI=1S/C21H24N4O4/c1-14-11-25-17(10-22-19(25)21(2)8-9-23(13-21)20(27)28)18(26)24(14)12-15-4-6-16(29-3)7-5-15/h4-7,10-11H,8-9,12-13H2,1-3H3,(H,27,28). The minimum atomic E-state index is -0.924. The Bertz CT molecular complexity index is 1130. The Labute approximate surface area is 168 Å². The van der Waals surface area contributed by atoms with Gasteiger partial charge in [-0.3, -0.25) is 9.20 Å². The van der Waals surface area contributed by atoms with Gasteiger partial charge >= 0.3 is 6.09 Å². The minimum absolute atomic E-state index is 0.115. The maximum absolute atomic E-state index is 13.2. The van der Waals surface area contributed by atoms with Crippen molar-refractivity contribution in [3.8, 4) is 5.75 Å². The number of hydrogen-bond acceptors (Lipinski definition) is 4. The van der Waals surface area contributed by atoms with Crippen LogP contribution in [0.25, 0.3) is 5.52 Å². The summed E-state index contributed by atoms with van der Waals surface area (Å²) in [4.78, 5) is 30.4. The average molecular weight is 396 g/mol. The molecule has 0 bridgehead atoms. The van der Waals surface area contributed by atoms with E-state index in [-0.39, 0.29) is 5.56 Å². The van der Waals surface area contributed by atoms with E-state index < -0.39 is 11.5 Å². The third-order valence-corrected chi connectivity index (χ3v) is 5.79. The Morgan fingerprint density at radius 3 is 2.66 bits per heavy atom. The molecule has 1 fully saturated rings. The Balaban J connectivity index is 1.72. The summed E-state index contributed by atoms with van der Waals surface area (Å²) in [6.45, 7) is 5.19. The molecule has 2 aromatic heterocycles. The molecule has 3 heterocycles. The van der Waals surface area contributed by atoms with Crippen LogP contribution in [0, 0.1) is 6.92 Å². The number of rotatable bonds is 4. The zero-order valence-corrected chi connectivity index (χ0v) is 16.8. The van der Waals surface area contributed by atoms with Gasteiger partial charge in [0, 0.05) is 30.4 Å². The first-order chi connectivity index (χ1) is 13.8. The molecule has 1 aromatic carbocycles. The molecule has 0 radical (unpaired) electrons. The highest BCUT2D eigenvalue weighted by molar-refractivity contribution is 5.65. The lowest BCUT2D eigenvalue weighted by atomic mass is 9.89. The molecule has 1 amide bonds. The number of fused-ring (bicyclic) bond motifs is 1. The number of imidazole rings is 1. The van der Waals surface area contributed by atoms with Crippen molar-refractivity contribution in [2.75, 3.05) is 20.2 Å². The third kappa shape index (κ3) is 3.24. The van der Waals surface area contributed by atoms with Gasteiger partial charge in [0.25, 0.3) is 5.56 Å². The van der Waals surface area contributed by atoms with E-state index in [1.54, 1.807) is 17.9 Å². The third-order valence-electron chi connectivity index (χ3n) is 5.79. The van der Waals surface area contributed by atoms with Gasteiger partial charge in [0.2, 0.25) is 0 Å². The summed E-state index contributed by atoms with van der Waals surface area (Å²) in [5.41, 5.74) is 1.77. The summed E-state index contributed by atoms with van der Waals surface area (Å²) in [5.74, 6) is 1.50. The predicted molar refractivity (Wildman–Crippen MR) is 108 cm³/mol. The fourth-order valence-corrected chi connectivity index (χ4v) is 4.07. The molecule has 1 N–H and O–H groups in total. The van der Waals surface area contributed by atoms with Crippen LogP contribution < -0.4 is 10.3 Å². The molecule has 0 spiro atoms. The Morgan fingerprint density at radius 2 is 2.03 bits per heavy atom. The Kier molecular flexibility index (Phi) is 4.56. The molecule has 1 atom stereocenters. The van der Waals surface area contributed by atoms with Gasteiger partial charge < -0.3 is 19.3 Å². The van der Waals surface area contributed by atoms with Crippen molar-refractivity contribution >= 4 is 11.6 Å². The number of aryl methyl sites for hydroxylation is 1. The second kappa shape index (κ2) is 6.95. The fourth-order valence-electron chi connectivity index (χ4n) is 4.07. The second-order valence-corrected chi connectivity index (χ2v) is 7.86. The molecule has 1 saturated heterocycles. The molecule has 1 aliphatic heterocycles. The van der Waals surface area contributed by atoms with Gasteiger partial charge in [-0.1, -0.05) is 19.1 Å². The molecule has 1 aliphatic rings. The van der Waals surface area contributed by atoms with E-state index in [1.807, 2.05) is 48.7 Å². The molecule has 3 aromatic rings. The summed E-state index contributed by atoms with van der Waals surface area (Å²) >= 11 is 0. The SMILES string of the molecule is COc1ccc(Cn2c(C)cn3c(C4(C)CCN(C(=O)O)C4)ncc3c2=O)cc1. The Hall–Kier alpha value is -3.29. The van der Waals surface area contributed by atoms with E-state index in [4.69, 9.17) is 4.74 Å². The second-order valence-electron chi connectivity index (χ2n) is 7.86. The quantitative estimate of drug-likeness (QED) is 0.732. The summed E-state index contributed by atoms with van der Waals surface area (Å²) in [5, 5.41) is 9.29. The van der Waals surface area contributed by atoms with Crippen LogP contribution in [0.5, 0.6) is 5.75 Å². The smallest absolute Gasteiger partial charge is 0.407 e. The first-order valence-electron chi connectivity index (χ1n) is 9.51. The maximum atomic E-state index is 13.2. The number of likely N-dealkylation sites (tertiary alicyclic amines) is 1. The van der Waals surface area contributed by atoms with Crippen molar-refractivity contribution in [3.63, 3.8) is 0 Å². The van der Waals surface area contributed by atoms with E-state index in [9.17, 15) is 14.7 Å². The topological polar surface area (TPSA) is 89.1 Å². The number of amides is 1. The van der Waals surface area contributed by atoms with Crippen LogP contribution >= 0.6 is 0 Å². The molecule has 152 valence electrons. The van der Waals surface area contributed by atoms with Crippen LogP contribution in [0.4, 0.5) is 4.79 Å². The number of ether oxygens (including phenoxy) is 1. The van der Waals surface area contributed by atoms with Crippen molar-refractivity contribution in [2.24, 2.45) is 0 Å². The van der Waals surface area contributed by atoms with Gasteiger partial charge in [-0.2, -0.15) is 0 Å². The number of carboxylic acid groups (broad SMARTS) is 1. The van der Waals surface area contributed by atoms with E-state index in [0.29, 0.717) is 31.6 Å². The highest BCUT2D eigenvalue weighted by atomic mass is 16.5. The number of carbonyl (C=O) groups is 1. The molecular weight excluding hydrogens is 372 g/mol. The highest BCUT2D eigenvalue weighted by Gasteiger charge is 2.40. The van der Waals surface area contributed by atoms with Crippen molar-refractivity contribution in [3.05, 3.63) is 64.1 Å². The molecule has 8 nitrogen and oxygen atoms in total. The van der Waals surface area contributed by atoms with Gasteiger partial charge in [-0.05, 0) is 31.0 Å². The molecule has 29 heavy (non-hydrogen) atoms. The van der Waals surface area contributed by atoms with Crippen LogP contribution in [-0.4, -0.2) is 50.3 Å². The van der Waals surface area contributed by atoms with Gasteiger partial charge in [0.15, 0.2) is 0 Å². The molecule has 4 rings (SSSR count). The summed E-state index contributed by atoms with van der Waals surface area (Å²) < 4.78 is 8.74. The monoisotopic (exact) mass is 396 g/mol. The minimum Gasteiger partial charge on any atom is -0.497 e. The molecular formula is C21H24N4O4. The number of nitrogens with zero attached hydrogens (tertiary/aromatic N) is 4. The van der Waals surface area contributed by atoms with Crippen LogP contribution in [0.15, 0.2) is 41.5 Å². The highest BCUT2D eigenvalue weighted by Crippen LogP contribution is 2.33. The van der Waals surface area contributed by atoms with Crippen molar-refractivity contribution < 1.29 is 14.6 Å². The first kappa shape index (κ1) is 19.0. The van der Waals surface area contributed by atoms with Crippen LogP contribution in [0.1, 0.15) is 30.4 Å². The predicted octanol–water partition coefficient (Wildman–Crippen LogP) is 2.50. The molecule has 1 unspecified atom stereocenters. The Morgan fingerprint density at radius 1 is 1.31 bits per heavy atom. The number of aromatic nitrogens is 3. The molecule has 8 heteroatoms. The van der Waals surface area contributed by atoms with E-state index in [2.05, 4.69) is 4.98 Å². The largest absolute Gasteiger partial charge is 0.497 e. The number of methoxy groups -OCH3 is 1. The van der Waals surface area contributed by atoms with E-state index >= 15 is 0 Å². The lowest BCUT2D eigenvalue weighted by Gasteiger charge is -2.23. The van der Waals surface area contributed by atoms with Crippen molar-refractivity contribution in [1.82, 2.24) is 18.9 Å². The molecule has 0 aliphatic carbocycles. The zero-order chi connectivity index (χ0) is 20.8. The van der Waals surface area contributed by atoms with E-state index in [0.717, 1.165) is 22.8 Å². The lowest BCUT2D eigenvalue weighted by Crippen LogP contribution is -2.33. The first-order valence-corrected chi connectivity index (χ1v) is 9.51. The lowest BCUT2D eigenvalue weighted by molar-refractivity contribution is 0.153. The van der Waals surface area contributed by atoms with Crippen molar-refractivity contribution in [1.29, 1.82) is 0 Å².